The Kier molecular flexibility index (Phi) is 5.40. The molecule has 4 aromatic rings. The number of hydrogen-bond donors (Lipinski definition) is 0. The first-order valence-electron chi connectivity index (χ1n) is 9.09. The van der Waals surface area contributed by atoms with Gasteiger partial charge < -0.3 is 0 Å². The minimum Gasteiger partial charge on any atom is -0.284 e. The molecule has 0 saturated carbocycles. The summed E-state index contributed by atoms with van der Waals surface area (Å²) in [6.07, 6.45) is -3.45. The molecule has 0 N–H and O–H groups in total. The zero-order valence-electron chi connectivity index (χ0n) is 16.1. The van der Waals surface area contributed by atoms with Crippen LogP contribution in [-0.4, -0.2) is 31.3 Å². The molecule has 10 heteroatoms. The van der Waals surface area contributed by atoms with E-state index in [0.29, 0.717) is 33.2 Å². The van der Waals surface area contributed by atoms with Crippen molar-refractivity contribution < 1.29 is 18.0 Å². The molecular formula is C21H15F3N4O2S. The van der Waals surface area contributed by atoms with Crippen molar-refractivity contribution in [1.82, 2.24) is 19.3 Å². The van der Waals surface area contributed by atoms with Crippen LogP contribution in [0.1, 0.15) is 15.9 Å². The van der Waals surface area contributed by atoms with E-state index in [4.69, 9.17) is 0 Å². The fraction of sp³-hybridized carbons (Fsp3) is 0.143. The van der Waals surface area contributed by atoms with E-state index in [0.717, 1.165) is 12.1 Å². The van der Waals surface area contributed by atoms with Gasteiger partial charge in [0.1, 0.15) is 5.39 Å². The summed E-state index contributed by atoms with van der Waals surface area (Å²) in [7, 11) is 1.69. The number of rotatable bonds is 5. The maximum Gasteiger partial charge on any atom is 0.454 e. The SMILES string of the molecule is Cn1ncc2c(=O)n(-c3ccccc3)c(SCc3ccc(C(=O)C(F)(F)F)cc3)nc21. The smallest absolute Gasteiger partial charge is 0.284 e. The van der Waals surface area contributed by atoms with Gasteiger partial charge in [0.25, 0.3) is 11.3 Å². The van der Waals surface area contributed by atoms with Crippen molar-refractivity contribution in [1.29, 1.82) is 0 Å². The first kappa shape index (κ1) is 20.9. The van der Waals surface area contributed by atoms with E-state index in [2.05, 4.69) is 10.1 Å². The number of carbonyl (C=O) groups is 1. The van der Waals surface area contributed by atoms with Crippen LogP contribution in [0.3, 0.4) is 0 Å². The van der Waals surface area contributed by atoms with Gasteiger partial charge >= 0.3 is 6.18 Å². The normalized spacial score (nSPS) is 11.7. The predicted molar refractivity (Wildman–Crippen MR) is 110 cm³/mol. The van der Waals surface area contributed by atoms with Crippen LogP contribution in [0, 0.1) is 0 Å². The Bertz CT molecular complexity index is 1310. The number of para-hydroxylation sites is 1. The number of hydrogen-bond acceptors (Lipinski definition) is 5. The lowest BCUT2D eigenvalue weighted by Crippen LogP contribution is -2.22. The quantitative estimate of drug-likeness (QED) is 0.263. The molecule has 2 aromatic heterocycles. The summed E-state index contributed by atoms with van der Waals surface area (Å²) in [4.78, 5) is 29.0. The number of ketones is 1. The first-order chi connectivity index (χ1) is 14.8. The van der Waals surface area contributed by atoms with E-state index >= 15 is 0 Å². The van der Waals surface area contributed by atoms with Crippen LogP contribution in [0.2, 0.25) is 0 Å². The number of nitrogens with zero attached hydrogens (tertiary/aromatic N) is 4. The zero-order valence-corrected chi connectivity index (χ0v) is 16.9. The maximum absolute atomic E-state index is 13.1. The van der Waals surface area contributed by atoms with Crippen molar-refractivity contribution in [2.75, 3.05) is 0 Å². The second-order valence-corrected chi connectivity index (χ2v) is 7.63. The standard InChI is InChI=1S/C21H15F3N4O2S/c1-27-18-16(11-25-27)19(30)28(15-5-3-2-4-6-15)20(26-18)31-12-13-7-9-14(10-8-13)17(29)21(22,23)24/h2-11H,12H2,1H3. The van der Waals surface area contributed by atoms with Crippen LogP contribution in [0.5, 0.6) is 0 Å². The van der Waals surface area contributed by atoms with Gasteiger partial charge in [0.2, 0.25) is 0 Å². The summed E-state index contributed by atoms with van der Waals surface area (Å²) in [6, 6.07) is 14.2. The largest absolute Gasteiger partial charge is 0.454 e. The highest BCUT2D eigenvalue weighted by Gasteiger charge is 2.39. The number of benzene rings is 2. The molecular weight excluding hydrogens is 429 g/mol. The molecule has 0 amide bonds. The third-order valence-corrected chi connectivity index (χ3v) is 5.60. The van der Waals surface area contributed by atoms with Crippen molar-refractivity contribution in [3.05, 3.63) is 82.3 Å². The van der Waals surface area contributed by atoms with Crippen LogP contribution >= 0.6 is 11.8 Å². The van der Waals surface area contributed by atoms with E-state index in [1.807, 2.05) is 6.07 Å². The molecule has 0 radical (unpaired) electrons. The number of alkyl halides is 3. The van der Waals surface area contributed by atoms with Gasteiger partial charge in [-0.1, -0.05) is 54.2 Å². The number of Topliss-reactive ketones (excluding diaryl/α,β-unsaturated/α-hetero) is 1. The number of thioether (sulfide) groups is 1. The summed E-state index contributed by atoms with van der Waals surface area (Å²) in [5.74, 6) is -1.55. The van der Waals surface area contributed by atoms with Gasteiger partial charge in [-0.2, -0.15) is 18.3 Å². The van der Waals surface area contributed by atoms with Crippen LogP contribution in [0.15, 0.2) is 70.7 Å². The highest BCUT2D eigenvalue weighted by molar-refractivity contribution is 7.98. The second-order valence-electron chi connectivity index (χ2n) is 6.69. The van der Waals surface area contributed by atoms with Gasteiger partial charge in [-0.05, 0) is 17.7 Å². The third kappa shape index (κ3) is 4.11. The Labute approximate surface area is 178 Å². The molecule has 0 spiro atoms. The molecule has 2 heterocycles. The summed E-state index contributed by atoms with van der Waals surface area (Å²) < 4.78 is 40.7. The van der Waals surface area contributed by atoms with Crippen molar-refractivity contribution in [3.8, 4) is 5.69 Å². The molecule has 6 nitrogen and oxygen atoms in total. The van der Waals surface area contributed by atoms with E-state index in [-0.39, 0.29) is 5.56 Å². The molecule has 4 rings (SSSR count). The van der Waals surface area contributed by atoms with Crippen molar-refractivity contribution >= 4 is 28.6 Å². The molecule has 158 valence electrons. The van der Waals surface area contributed by atoms with Crippen LogP contribution in [0.4, 0.5) is 13.2 Å². The number of aryl methyl sites for hydroxylation is 1. The van der Waals surface area contributed by atoms with Crippen LogP contribution < -0.4 is 5.56 Å². The van der Waals surface area contributed by atoms with Gasteiger partial charge in [-0.15, -0.1) is 0 Å². The Morgan fingerprint density at radius 1 is 1.06 bits per heavy atom. The fourth-order valence-electron chi connectivity index (χ4n) is 3.03. The van der Waals surface area contributed by atoms with Gasteiger partial charge in [0.05, 0.1) is 11.9 Å². The molecule has 0 atom stereocenters. The zero-order chi connectivity index (χ0) is 22.2. The van der Waals surface area contributed by atoms with Crippen molar-refractivity contribution in [2.24, 2.45) is 7.05 Å². The molecule has 31 heavy (non-hydrogen) atoms. The monoisotopic (exact) mass is 444 g/mol. The molecule has 0 aliphatic heterocycles. The second kappa shape index (κ2) is 8.03. The van der Waals surface area contributed by atoms with Gasteiger partial charge in [-0.3, -0.25) is 18.8 Å². The number of carbonyl (C=O) groups excluding carboxylic acids is 1. The summed E-state index contributed by atoms with van der Waals surface area (Å²) >= 11 is 1.26. The first-order valence-corrected chi connectivity index (χ1v) is 10.1. The average molecular weight is 444 g/mol. The summed E-state index contributed by atoms with van der Waals surface area (Å²) in [5.41, 5.74) is 1.07. The van der Waals surface area contributed by atoms with Gasteiger partial charge in [0, 0.05) is 18.4 Å². The highest BCUT2D eigenvalue weighted by atomic mass is 32.2. The molecule has 0 aliphatic rings. The molecule has 2 aromatic carbocycles. The Morgan fingerprint density at radius 2 is 1.74 bits per heavy atom. The van der Waals surface area contributed by atoms with Crippen molar-refractivity contribution in [2.45, 2.75) is 17.1 Å². The van der Waals surface area contributed by atoms with E-state index < -0.39 is 17.5 Å². The maximum atomic E-state index is 13.1. The third-order valence-electron chi connectivity index (χ3n) is 4.59. The molecule has 0 fully saturated rings. The van der Waals surface area contributed by atoms with Crippen LogP contribution in [0.25, 0.3) is 16.7 Å². The summed E-state index contributed by atoms with van der Waals surface area (Å²) in [6.45, 7) is 0. The number of halogens is 3. The number of aromatic nitrogens is 4. The van der Waals surface area contributed by atoms with E-state index in [9.17, 15) is 22.8 Å². The lowest BCUT2D eigenvalue weighted by atomic mass is 10.1. The van der Waals surface area contributed by atoms with Gasteiger partial charge in [0.15, 0.2) is 10.8 Å². The Morgan fingerprint density at radius 3 is 2.39 bits per heavy atom. The average Bonchev–Trinajstić information content (AvgIpc) is 3.13. The minimum atomic E-state index is -4.91. The predicted octanol–water partition coefficient (Wildman–Crippen LogP) is 4.16. The van der Waals surface area contributed by atoms with Crippen molar-refractivity contribution in [3.63, 3.8) is 0 Å². The minimum absolute atomic E-state index is 0.266. The molecule has 0 saturated heterocycles. The Balaban J connectivity index is 1.68. The van der Waals surface area contributed by atoms with Gasteiger partial charge in [-0.25, -0.2) is 4.98 Å². The topological polar surface area (TPSA) is 69.8 Å². The van der Waals surface area contributed by atoms with E-state index in [1.165, 1.54) is 39.3 Å². The lowest BCUT2D eigenvalue weighted by Gasteiger charge is -2.12. The molecule has 0 aliphatic carbocycles. The highest BCUT2D eigenvalue weighted by Crippen LogP contribution is 2.26. The molecule has 0 unspecified atom stereocenters. The van der Waals surface area contributed by atoms with E-state index in [1.54, 1.807) is 31.3 Å². The van der Waals surface area contributed by atoms with Crippen LogP contribution in [-0.2, 0) is 12.8 Å². The Hall–Kier alpha value is -3.40. The lowest BCUT2D eigenvalue weighted by molar-refractivity contribution is -0.0885. The molecule has 0 bridgehead atoms. The summed E-state index contributed by atoms with van der Waals surface area (Å²) in [5, 5.41) is 4.90. The number of fused-ring (bicyclic) bond motifs is 1. The fourth-order valence-corrected chi connectivity index (χ4v) is 3.98.